The number of ether oxygens (including phenoxy) is 1. The highest BCUT2D eigenvalue weighted by Gasteiger charge is 2.58. The highest BCUT2D eigenvalue weighted by atomic mass is 16.5. The van der Waals surface area contributed by atoms with Crippen molar-refractivity contribution < 1.29 is 9.84 Å². The van der Waals surface area contributed by atoms with Crippen LogP contribution in [-0.4, -0.2) is 30.6 Å². The summed E-state index contributed by atoms with van der Waals surface area (Å²) in [4.78, 5) is 2.24. The number of rotatable bonds is 3. The summed E-state index contributed by atoms with van der Waals surface area (Å²) in [6, 6.07) is 14.2. The Bertz CT molecular complexity index is 740. The van der Waals surface area contributed by atoms with Crippen molar-refractivity contribution in [2.24, 2.45) is 5.92 Å². The van der Waals surface area contributed by atoms with E-state index in [-0.39, 0.29) is 5.41 Å². The van der Waals surface area contributed by atoms with Crippen LogP contribution < -0.4 is 4.74 Å². The Labute approximate surface area is 137 Å². The molecule has 0 radical (unpaired) electrons. The van der Waals surface area contributed by atoms with Crippen LogP contribution in [0.4, 0.5) is 0 Å². The molecule has 1 heterocycles. The zero-order chi connectivity index (χ0) is 16.0. The van der Waals surface area contributed by atoms with E-state index in [2.05, 4.69) is 43.3 Å². The second-order valence-electron chi connectivity index (χ2n) is 7.09. The maximum atomic E-state index is 10.0. The molecule has 2 unspecified atom stereocenters. The first kappa shape index (κ1) is 14.6. The predicted octanol–water partition coefficient (Wildman–Crippen LogP) is 3.54. The van der Waals surface area contributed by atoms with Gasteiger partial charge in [-0.05, 0) is 68.7 Å². The fourth-order valence-electron chi connectivity index (χ4n) is 4.13. The zero-order valence-corrected chi connectivity index (χ0v) is 13.7. The number of phenols is 1. The fraction of sp³-hybridized carbons (Fsp3) is 0.400. The largest absolute Gasteiger partial charge is 0.508 e. The van der Waals surface area contributed by atoms with E-state index in [4.69, 9.17) is 4.74 Å². The van der Waals surface area contributed by atoms with Gasteiger partial charge in [-0.1, -0.05) is 24.3 Å². The van der Waals surface area contributed by atoms with Gasteiger partial charge in [-0.15, -0.1) is 0 Å². The minimum absolute atomic E-state index is 0.0111. The van der Waals surface area contributed by atoms with E-state index in [0.717, 1.165) is 30.7 Å². The van der Waals surface area contributed by atoms with Gasteiger partial charge in [-0.25, -0.2) is 0 Å². The van der Waals surface area contributed by atoms with Gasteiger partial charge in [-0.3, -0.25) is 0 Å². The van der Waals surface area contributed by atoms with Gasteiger partial charge >= 0.3 is 0 Å². The first-order valence-electron chi connectivity index (χ1n) is 8.30. The topological polar surface area (TPSA) is 32.7 Å². The van der Waals surface area contributed by atoms with Crippen molar-refractivity contribution in [3.8, 4) is 11.5 Å². The fourth-order valence-corrected chi connectivity index (χ4v) is 4.13. The number of benzene rings is 2. The Balaban J connectivity index is 1.82. The quantitative estimate of drug-likeness (QED) is 0.941. The molecule has 1 aliphatic heterocycles. The standard InChI is InChI=1S/C20H23NO2/c1-21(2)10-9-15-12-20(15)17-6-4-3-5-14(17)13-23-19-8-7-16(22)11-18(19)20/h3-8,11,15,22H,9-10,12-13H2,1-2H3. The molecule has 0 saturated heterocycles. The van der Waals surface area contributed by atoms with E-state index < -0.39 is 0 Å². The van der Waals surface area contributed by atoms with Crippen molar-refractivity contribution in [3.05, 3.63) is 59.2 Å². The Hall–Kier alpha value is -2.00. The summed E-state index contributed by atoms with van der Waals surface area (Å²) in [6.07, 6.45) is 2.30. The van der Waals surface area contributed by atoms with E-state index in [1.54, 1.807) is 6.07 Å². The second-order valence-corrected chi connectivity index (χ2v) is 7.09. The molecule has 1 N–H and O–H groups in total. The molecule has 3 heteroatoms. The lowest BCUT2D eigenvalue weighted by Crippen LogP contribution is -2.18. The van der Waals surface area contributed by atoms with Gasteiger partial charge in [0.2, 0.25) is 0 Å². The molecule has 3 nitrogen and oxygen atoms in total. The maximum Gasteiger partial charge on any atom is 0.124 e. The molecule has 0 bridgehead atoms. The third-order valence-corrected chi connectivity index (χ3v) is 5.35. The van der Waals surface area contributed by atoms with Crippen molar-refractivity contribution in [1.82, 2.24) is 4.90 Å². The SMILES string of the molecule is CN(C)CCC1CC12c1ccccc1COc1ccc(O)cc12. The van der Waals surface area contributed by atoms with Gasteiger partial charge in [0.1, 0.15) is 18.1 Å². The normalized spacial score (nSPS) is 24.7. The van der Waals surface area contributed by atoms with Crippen molar-refractivity contribution in [2.75, 3.05) is 20.6 Å². The van der Waals surface area contributed by atoms with Crippen LogP contribution in [0.3, 0.4) is 0 Å². The summed E-state index contributed by atoms with van der Waals surface area (Å²) in [5.41, 5.74) is 3.83. The number of phenolic OH excluding ortho intramolecular Hbond substituents is 1. The Morgan fingerprint density at radius 2 is 2.00 bits per heavy atom. The average molecular weight is 309 g/mol. The summed E-state index contributed by atoms with van der Waals surface area (Å²) >= 11 is 0. The smallest absolute Gasteiger partial charge is 0.124 e. The molecule has 1 saturated carbocycles. The van der Waals surface area contributed by atoms with E-state index in [1.165, 1.54) is 11.1 Å². The zero-order valence-electron chi connectivity index (χ0n) is 13.7. The van der Waals surface area contributed by atoms with Crippen LogP contribution in [0.5, 0.6) is 11.5 Å². The van der Waals surface area contributed by atoms with Crippen molar-refractivity contribution in [3.63, 3.8) is 0 Å². The van der Waals surface area contributed by atoms with Crippen LogP contribution in [0.25, 0.3) is 0 Å². The number of hydrogen-bond acceptors (Lipinski definition) is 3. The lowest BCUT2D eigenvalue weighted by atomic mass is 9.82. The van der Waals surface area contributed by atoms with E-state index >= 15 is 0 Å². The Morgan fingerprint density at radius 1 is 1.17 bits per heavy atom. The number of nitrogens with zero attached hydrogens (tertiary/aromatic N) is 1. The second kappa shape index (κ2) is 5.27. The van der Waals surface area contributed by atoms with Gasteiger partial charge < -0.3 is 14.7 Å². The van der Waals surface area contributed by atoms with Crippen molar-refractivity contribution in [1.29, 1.82) is 0 Å². The molecule has 120 valence electrons. The molecular weight excluding hydrogens is 286 g/mol. The third kappa shape index (κ3) is 2.31. The van der Waals surface area contributed by atoms with Crippen LogP contribution in [0, 0.1) is 5.92 Å². The summed E-state index contributed by atoms with van der Waals surface area (Å²) in [7, 11) is 4.25. The molecular formula is C20H23NO2. The minimum Gasteiger partial charge on any atom is -0.508 e. The van der Waals surface area contributed by atoms with Crippen LogP contribution >= 0.6 is 0 Å². The Kier molecular flexibility index (Phi) is 3.34. The summed E-state index contributed by atoms with van der Waals surface area (Å²) in [6.45, 7) is 1.69. The van der Waals surface area contributed by atoms with Gasteiger partial charge in [0, 0.05) is 11.0 Å². The molecule has 2 aromatic rings. The van der Waals surface area contributed by atoms with E-state index in [9.17, 15) is 5.11 Å². The first-order valence-corrected chi connectivity index (χ1v) is 8.30. The van der Waals surface area contributed by atoms with Gasteiger partial charge in [-0.2, -0.15) is 0 Å². The molecule has 4 rings (SSSR count). The molecule has 1 aliphatic carbocycles. The molecule has 0 amide bonds. The molecule has 2 aliphatic rings. The first-order chi connectivity index (χ1) is 11.1. The molecule has 0 aromatic heterocycles. The third-order valence-electron chi connectivity index (χ3n) is 5.35. The summed E-state index contributed by atoms with van der Waals surface area (Å²) in [5, 5.41) is 10.0. The maximum absolute atomic E-state index is 10.0. The molecule has 23 heavy (non-hydrogen) atoms. The monoisotopic (exact) mass is 309 g/mol. The molecule has 1 fully saturated rings. The van der Waals surface area contributed by atoms with Crippen LogP contribution in [-0.2, 0) is 12.0 Å². The highest BCUT2D eigenvalue weighted by Crippen LogP contribution is 2.64. The lowest BCUT2D eigenvalue weighted by molar-refractivity contribution is 0.306. The van der Waals surface area contributed by atoms with Crippen molar-refractivity contribution >= 4 is 0 Å². The lowest BCUT2D eigenvalue weighted by Gasteiger charge is -2.21. The van der Waals surface area contributed by atoms with Gasteiger partial charge in [0.15, 0.2) is 0 Å². The van der Waals surface area contributed by atoms with Crippen molar-refractivity contribution in [2.45, 2.75) is 24.9 Å². The number of hydrogen-bond donors (Lipinski definition) is 1. The molecule has 1 spiro atoms. The molecule has 2 atom stereocenters. The van der Waals surface area contributed by atoms with Crippen LogP contribution in [0.15, 0.2) is 42.5 Å². The predicted molar refractivity (Wildman–Crippen MR) is 90.9 cm³/mol. The summed E-state index contributed by atoms with van der Waals surface area (Å²) < 4.78 is 6.06. The van der Waals surface area contributed by atoms with Gasteiger partial charge in [0.25, 0.3) is 0 Å². The average Bonchev–Trinajstić information content (AvgIpc) is 3.29. The number of fused-ring (bicyclic) bond motifs is 4. The molecule has 2 aromatic carbocycles. The minimum atomic E-state index is 0.0111. The van der Waals surface area contributed by atoms with E-state index in [1.807, 2.05) is 12.1 Å². The van der Waals surface area contributed by atoms with Crippen LogP contribution in [0.1, 0.15) is 29.5 Å². The summed E-state index contributed by atoms with van der Waals surface area (Å²) in [5.74, 6) is 1.85. The van der Waals surface area contributed by atoms with Crippen LogP contribution in [0.2, 0.25) is 0 Å². The van der Waals surface area contributed by atoms with Gasteiger partial charge in [0.05, 0.1) is 0 Å². The Morgan fingerprint density at radius 3 is 2.83 bits per heavy atom. The highest BCUT2D eigenvalue weighted by molar-refractivity contribution is 5.58. The van der Waals surface area contributed by atoms with E-state index in [0.29, 0.717) is 18.3 Å². The number of aromatic hydroxyl groups is 1.